The standard InChI is InChI=1S/C25H41NO5Si/c1-10-30-25(29)22-20-17(16(8)19-21(22)24(28)26(9)23(19)27)11-12-18(20)31-32(13(2)3,14(4)5)15(6)7/h13-16,18-19,21-22H,10-12H2,1-9H3/t16-,18-,19-,21-,22+/m1/s1. The number of hydrogen-bond donors (Lipinski definition) is 0. The Morgan fingerprint density at radius 2 is 1.56 bits per heavy atom. The Balaban J connectivity index is 2.12. The Morgan fingerprint density at radius 3 is 2.06 bits per heavy atom. The number of carbonyl (C=O) groups is 3. The van der Waals surface area contributed by atoms with Gasteiger partial charge in [0.1, 0.15) is 0 Å². The first-order valence-electron chi connectivity index (χ1n) is 12.3. The maximum Gasteiger partial charge on any atom is 0.314 e. The number of imide groups is 1. The van der Waals surface area contributed by atoms with Crippen LogP contribution < -0.4 is 0 Å². The normalized spacial score (nSPS) is 30.6. The van der Waals surface area contributed by atoms with E-state index in [1.165, 1.54) is 11.9 Å². The van der Waals surface area contributed by atoms with E-state index in [-0.39, 0.29) is 36.4 Å². The minimum Gasteiger partial charge on any atom is -0.466 e. The van der Waals surface area contributed by atoms with Crippen molar-refractivity contribution >= 4 is 26.1 Å². The quantitative estimate of drug-likeness (QED) is 0.237. The summed E-state index contributed by atoms with van der Waals surface area (Å²) in [4.78, 5) is 40.6. The van der Waals surface area contributed by atoms with Crippen molar-refractivity contribution in [3.63, 3.8) is 0 Å². The topological polar surface area (TPSA) is 72.9 Å². The summed E-state index contributed by atoms with van der Waals surface area (Å²) in [6.07, 6.45) is 1.43. The molecule has 0 aromatic heterocycles. The third kappa shape index (κ3) is 3.60. The smallest absolute Gasteiger partial charge is 0.314 e. The second-order valence-corrected chi connectivity index (χ2v) is 16.2. The zero-order valence-corrected chi connectivity index (χ0v) is 22.2. The molecule has 0 bridgehead atoms. The summed E-state index contributed by atoms with van der Waals surface area (Å²) in [6.45, 7) is 17.6. The third-order valence-corrected chi connectivity index (χ3v) is 14.5. The number of fused-ring (bicyclic) bond motifs is 1. The lowest BCUT2D eigenvalue weighted by atomic mass is 9.65. The van der Waals surface area contributed by atoms with E-state index >= 15 is 0 Å². The molecule has 3 aliphatic rings. The highest BCUT2D eigenvalue weighted by atomic mass is 28.4. The predicted octanol–water partition coefficient (Wildman–Crippen LogP) is 4.70. The molecule has 1 heterocycles. The molecule has 32 heavy (non-hydrogen) atoms. The summed E-state index contributed by atoms with van der Waals surface area (Å²) >= 11 is 0. The van der Waals surface area contributed by atoms with Gasteiger partial charge in [0.25, 0.3) is 0 Å². The van der Waals surface area contributed by atoms with Crippen LogP contribution >= 0.6 is 0 Å². The van der Waals surface area contributed by atoms with Crippen molar-refractivity contribution in [3.8, 4) is 0 Å². The molecule has 6 nitrogen and oxygen atoms in total. The predicted molar refractivity (Wildman–Crippen MR) is 126 cm³/mol. The fraction of sp³-hybridized carbons (Fsp3) is 0.800. The zero-order chi connectivity index (χ0) is 24.1. The van der Waals surface area contributed by atoms with E-state index < -0.39 is 26.1 Å². The molecule has 3 rings (SSSR count). The van der Waals surface area contributed by atoms with E-state index in [0.717, 1.165) is 24.0 Å². The van der Waals surface area contributed by atoms with Crippen LogP contribution in [0.4, 0.5) is 0 Å². The van der Waals surface area contributed by atoms with Gasteiger partial charge in [-0.3, -0.25) is 19.3 Å². The van der Waals surface area contributed by atoms with Gasteiger partial charge in [-0.2, -0.15) is 0 Å². The number of likely N-dealkylation sites (tertiary alicyclic amines) is 1. The van der Waals surface area contributed by atoms with Gasteiger partial charge in [-0.15, -0.1) is 0 Å². The number of ether oxygens (including phenoxy) is 1. The van der Waals surface area contributed by atoms with Crippen LogP contribution in [0.25, 0.3) is 0 Å². The molecular formula is C25H41NO5Si. The minimum absolute atomic E-state index is 0.0658. The van der Waals surface area contributed by atoms with Gasteiger partial charge in [-0.05, 0) is 47.9 Å². The number of amides is 2. The lowest BCUT2D eigenvalue weighted by Crippen LogP contribution is -2.51. The summed E-state index contributed by atoms with van der Waals surface area (Å²) in [5.74, 6) is -2.78. The molecule has 7 heteroatoms. The van der Waals surface area contributed by atoms with Gasteiger partial charge in [0.2, 0.25) is 20.1 Å². The van der Waals surface area contributed by atoms with Crippen LogP contribution in [0.15, 0.2) is 11.1 Å². The van der Waals surface area contributed by atoms with Crippen molar-refractivity contribution in [3.05, 3.63) is 11.1 Å². The van der Waals surface area contributed by atoms with Gasteiger partial charge in [0.15, 0.2) is 0 Å². The Kier molecular flexibility index (Phi) is 7.11. The van der Waals surface area contributed by atoms with Gasteiger partial charge in [-0.1, -0.05) is 54.0 Å². The van der Waals surface area contributed by atoms with Crippen LogP contribution in [0.2, 0.25) is 16.6 Å². The van der Waals surface area contributed by atoms with Crippen LogP contribution in [0, 0.1) is 23.7 Å². The van der Waals surface area contributed by atoms with E-state index in [1.54, 1.807) is 6.92 Å². The summed E-state index contributed by atoms with van der Waals surface area (Å²) < 4.78 is 12.6. The fourth-order valence-corrected chi connectivity index (χ4v) is 12.7. The molecule has 1 fully saturated rings. The first-order valence-corrected chi connectivity index (χ1v) is 14.4. The van der Waals surface area contributed by atoms with Crippen molar-refractivity contribution in [1.29, 1.82) is 0 Å². The molecule has 0 radical (unpaired) electrons. The van der Waals surface area contributed by atoms with Gasteiger partial charge in [-0.25, -0.2) is 0 Å². The van der Waals surface area contributed by atoms with Crippen molar-refractivity contribution in [2.24, 2.45) is 23.7 Å². The number of nitrogens with zero attached hydrogens (tertiary/aromatic N) is 1. The largest absolute Gasteiger partial charge is 0.466 e. The Bertz CT molecular complexity index is 795. The second-order valence-electron chi connectivity index (χ2n) is 10.7. The monoisotopic (exact) mass is 463 g/mol. The summed E-state index contributed by atoms with van der Waals surface area (Å²) in [6, 6.07) is 0. The number of hydrogen-bond acceptors (Lipinski definition) is 5. The van der Waals surface area contributed by atoms with E-state index in [4.69, 9.17) is 9.16 Å². The van der Waals surface area contributed by atoms with Gasteiger partial charge in [0, 0.05) is 7.05 Å². The number of rotatable bonds is 7. The number of allylic oxidation sites excluding steroid dienone is 1. The van der Waals surface area contributed by atoms with E-state index in [2.05, 4.69) is 41.5 Å². The molecule has 0 aromatic rings. The molecule has 2 amide bonds. The highest BCUT2D eigenvalue weighted by Crippen LogP contribution is 2.55. The number of esters is 1. The van der Waals surface area contributed by atoms with Crippen molar-refractivity contribution in [2.75, 3.05) is 13.7 Å². The minimum atomic E-state index is -2.20. The molecule has 0 saturated carbocycles. The summed E-state index contributed by atoms with van der Waals surface area (Å²) in [7, 11) is -0.667. The lowest BCUT2D eigenvalue weighted by molar-refractivity contribution is -0.153. The zero-order valence-electron chi connectivity index (χ0n) is 21.2. The summed E-state index contributed by atoms with van der Waals surface area (Å²) in [5.41, 5.74) is 3.35. The molecule has 0 aromatic carbocycles. The van der Waals surface area contributed by atoms with Crippen molar-refractivity contribution in [1.82, 2.24) is 4.90 Å². The molecule has 2 aliphatic carbocycles. The van der Waals surface area contributed by atoms with E-state index in [0.29, 0.717) is 16.6 Å². The Labute approximate surface area is 194 Å². The summed E-state index contributed by atoms with van der Waals surface area (Å²) in [5, 5.41) is 0. The number of carbonyl (C=O) groups excluding carboxylic acids is 3. The molecule has 1 aliphatic heterocycles. The second kappa shape index (κ2) is 9.05. The molecule has 0 N–H and O–H groups in total. The Morgan fingerprint density at radius 1 is 1.03 bits per heavy atom. The lowest BCUT2D eigenvalue weighted by Gasteiger charge is -2.46. The Hall–Kier alpha value is -1.47. The maximum atomic E-state index is 13.3. The van der Waals surface area contributed by atoms with Crippen LogP contribution in [-0.4, -0.2) is 50.8 Å². The maximum absolute atomic E-state index is 13.3. The highest BCUT2D eigenvalue weighted by molar-refractivity contribution is 6.77. The first kappa shape index (κ1) is 25.2. The van der Waals surface area contributed by atoms with E-state index in [1.807, 2.05) is 6.92 Å². The van der Waals surface area contributed by atoms with Crippen LogP contribution in [0.5, 0.6) is 0 Å². The molecule has 180 valence electrons. The average Bonchev–Trinajstić information content (AvgIpc) is 3.21. The fourth-order valence-electron chi connectivity index (χ4n) is 7.11. The van der Waals surface area contributed by atoms with Crippen LogP contribution in [0.3, 0.4) is 0 Å². The van der Waals surface area contributed by atoms with Gasteiger partial charge < -0.3 is 9.16 Å². The molecule has 1 saturated heterocycles. The third-order valence-electron chi connectivity index (χ3n) is 8.39. The van der Waals surface area contributed by atoms with Crippen molar-refractivity contribution in [2.45, 2.75) is 91.0 Å². The van der Waals surface area contributed by atoms with Gasteiger partial charge in [0.05, 0.1) is 30.5 Å². The molecule has 5 atom stereocenters. The van der Waals surface area contributed by atoms with Crippen LogP contribution in [-0.2, 0) is 23.5 Å². The van der Waals surface area contributed by atoms with E-state index in [9.17, 15) is 14.4 Å². The van der Waals surface area contributed by atoms with Crippen molar-refractivity contribution < 1.29 is 23.5 Å². The molecular weight excluding hydrogens is 422 g/mol. The van der Waals surface area contributed by atoms with Crippen LogP contribution in [0.1, 0.15) is 68.2 Å². The molecule has 0 spiro atoms. The average molecular weight is 464 g/mol. The molecule has 0 unspecified atom stereocenters. The highest BCUT2D eigenvalue weighted by Gasteiger charge is 2.61. The van der Waals surface area contributed by atoms with Gasteiger partial charge >= 0.3 is 5.97 Å². The SMILES string of the molecule is CCOC(=O)[C@H]1C2=C(CC[C@H]2O[Si](C(C)C)(C(C)C)C(C)C)[C@@H](C)[C@H]2C(=O)N(C)C(=O)[C@@H]12. The first-order chi connectivity index (χ1) is 14.9.